The normalized spacial score (nSPS) is 13.1. The molecule has 0 heterocycles. The van der Waals surface area contributed by atoms with Crippen LogP contribution in [0.25, 0.3) is 0 Å². The number of nitrogens with zero attached hydrogens (tertiary/aromatic N) is 1. The fraction of sp³-hybridized carbons (Fsp3) is 1.00. The van der Waals surface area contributed by atoms with Gasteiger partial charge in [-0.2, -0.15) is 0 Å². The Kier molecular flexibility index (Phi) is 15.3. The van der Waals surface area contributed by atoms with Crippen molar-refractivity contribution in [2.24, 2.45) is 0 Å². The molecule has 0 aromatic heterocycles. The lowest BCUT2D eigenvalue weighted by atomic mass is 10.0. The molecule has 0 saturated heterocycles. The molecule has 0 saturated carbocycles. The Balaban J connectivity index is 3.03. The summed E-state index contributed by atoms with van der Waals surface area (Å²) < 4.78 is 0. The third kappa shape index (κ3) is 14.3. The SMILES string of the molecule is CCCCCCCCCCCCCCCC(C)N(C)[O-]. The maximum atomic E-state index is 11.0. The van der Waals surface area contributed by atoms with E-state index in [2.05, 4.69) is 6.92 Å². The van der Waals surface area contributed by atoms with E-state index in [1.165, 1.54) is 83.5 Å². The number of unbranched alkanes of at least 4 members (excludes halogenated alkanes) is 12. The molecule has 20 heavy (non-hydrogen) atoms. The van der Waals surface area contributed by atoms with Crippen LogP contribution in [0.3, 0.4) is 0 Å². The number of hydroxylamine groups is 2. The number of rotatable bonds is 15. The van der Waals surface area contributed by atoms with Gasteiger partial charge < -0.3 is 10.3 Å². The highest BCUT2D eigenvalue weighted by atomic mass is 16.5. The van der Waals surface area contributed by atoms with Crippen molar-refractivity contribution in [2.75, 3.05) is 7.05 Å². The minimum atomic E-state index is 0.197. The zero-order chi connectivity index (χ0) is 15.1. The van der Waals surface area contributed by atoms with Crippen LogP contribution in [0.1, 0.15) is 104 Å². The molecule has 0 spiro atoms. The second-order valence-corrected chi connectivity index (χ2v) is 6.43. The summed E-state index contributed by atoms with van der Waals surface area (Å²) in [6.45, 7) is 4.30. The van der Waals surface area contributed by atoms with Gasteiger partial charge in [0, 0.05) is 0 Å². The molecule has 0 rings (SSSR count). The topological polar surface area (TPSA) is 26.3 Å². The highest BCUT2D eigenvalue weighted by molar-refractivity contribution is 4.62. The molecule has 1 atom stereocenters. The van der Waals surface area contributed by atoms with Crippen molar-refractivity contribution in [3.63, 3.8) is 0 Å². The van der Waals surface area contributed by atoms with Crippen LogP contribution in [0, 0.1) is 5.21 Å². The summed E-state index contributed by atoms with van der Waals surface area (Å²) in [5.41, 5.74) is 0. The fourth-order valence-electron chi connectivity index (χ4n) is 2.64. The van der Waals surface area contributed by atoms with Gasteiger partial charge in [-0.1, -0.05) is 97.3 Å². The minimum absolute atomic E-state index is 0.197. The van der Waals surface area contributed by atoms with Gasteiger partial charge in [0.25, 0.3) is 0 Å². The molecule has 0 radical (unpaired) electrons. The van der Waals surface area contributed by atoms with Crippen molar-refractivity contribution in [2.45, 2.75) is 110 Å². The van der Waals surface area contributed by atoms with Gasteiger partial charge in [-0.05, 0) is 19.5 Å². The Morgan fingerprint density at radius 3 is 1.40 bits per heavy atom. The standard InChI is InChI=1S/C18H38NO/c1-4-5-6-7-8-9-10-11-12-13-14-15-16-17-18(2)19(3)20/h18H,4-17H2,1-3H3/q-1. The van der Waals surface area contributed by atoms with E-state index in [1.54, 1.807) is 7.05 Å². The summed E-state index contributed by atoms with van der Waals surface area (Å²) in [4.78, 5) is 0. The lowest BCUT2D eigenvalue weighted by molar-refractivity contribution is 0.325. The Morgan fingerprint density at radius 1 is 0.700 bits per heavy atom. The summed E-state index contributed by atoms with van der Waals surface area (Å²) in [6, 6.07) is 0.197. The molecule has 122 valence electrons. The zero-order valence-corrected chi connectivity index (χ0v) is 14.3. The lowest BCUT2D eigenvalue weighted by Gasteiger charge is -2.30. The van der Waals surface area contributed by atoms with Crippen molar-refractivity contribution in [3.05, 3.63) is 5.21 Å². The molecule has 0 N–H and O–H groups in total. The molecule has 0 aromatic carbocycles. The summed E-state index contributed by atoms with van der Waals surface area (Å²) in [5, 5.41) is 12.1. The first-order valence-corrected chi connectivity index (χ1v) is 9.08. The zero-order valence-electron chi connectivity index (χ0n) is 14.3. The summed E-state index contributed by atoms with van der Waals surface area (Å²) in [5.74, 6) is 0. The van der Waals surface area contributed by atoms with Crippen LogP contribution in [-0.2, 0) is 0 Å². The summed E-state index contributed by atoms with van der Waals surface area (Å²) >= 11 is 0. The molecule has 1 unspecified atom stereocenters. The first-order valence-electron chi connectivity index (χ1n) is 9.08. The van der Waals surface area contributed by atoms with Crippen LogP contribution >= 0.6 is 0 Å². The van der Waals surface area contributed by atoms with Crippen LogP contribution in [0.4, 0.5) is 0 Å². The molecule has 0 bridgehead atoms. The average Bonchev–Trinajstić information content (AvgIpc) is 2.43. The molecule has 0 aliphatic carbocycles. The summed E-state index contributed by atoms with van der Waals surface area (Å²) in [6.07, 6.45) is 19.1. The van der Waals surface area contributed by atoms with E-state index in [9.17, 15) is 5.21 Å². The van der Waals surface area contributed by atoms with Crippen LogP contribution in [0.5, 0.6) is 0 Å². The van der Waals surface area contributed by atoms with E-state index < -0.39 is 0 Å². The molecule has 0 aliphatic rings. The Bertz CT molecular complexity index is 182. The maximum Gasteiger partial charge on any atom is -0.00570 e. The van der Waals surface area contributed by atoms with Crippen LogP contribution in [0.2, 0.25) is 0 Å². The van der Waals surface area contributed by atoms with Gasteiger partial charge in [0.2, 0.25) is 0 Å². The maximum absolute atomic E-state index is 11.0. The minimum Gasteiger partial charge on any atom is -0.785 e. The van der Waals surface area contributed by atoms with E-state index in [-0.39, 0.29) is 6.04 Å². The number of hydrogen-bond donors (Lipinski definition) is 0. The van der Waals surface area contributed by atoms with E-state index >= 15 is 0 Å². The molecule has 0 aromatic rings. The monoisotopic (exact) mass is 284 g/mol. The van der Waals surface area contributed by atoms with Crippen LogP contribution < -0.4 is 0 Å². The third-order valence-electron chi connectivity index (χ3n) is 4.35. The van der Waals surface area contributed by atoms with E-state index in [0.29, 0.717) is 0 Å². The lowest BCUT2D eigenvalue weighted by Crippen LogP contribution is -2.22. The Labute approximate surface area is 127 Å². The van der Waals surface area contributed by atoms with Gasteiger partial charge in [-0.25, -0.2) is 0 Å². The van der Waals surface area contributed by atoms with Gasteiger partial charge in [0.05, 0.1) is 0 Å². The van der Waals surface area contributed by atoms with Gasteiger partial charge in [0.1, 0.15) is 0 Å². The largest absolute Gasteiger partial charge is 0.785 e. The predicted molar refractivity (Wildman–Crippen MR) is 90.9 cm³/mol. The Morgan fingerprint density at radius 2 is 1.05 bits per heavy atom. The molecule has 0 aliphatic heterocycles. The van der Waals surface area contributed by atoms with Crippen molar-refractivity contribution < 1.29 is 0 Å². The van der Waals surface area contributed by atoms with Crippen molar-refractivity contribution in [1.29, 1.82) is 0 Å². The van der Waals surface area contributed by atoms with Crippen molar-refractivity contribution in [3.8, 4) is 0 Å². The van der Waals surface area contributed by atoms with Gasteiger partial charge in [0.15, 0.2) is 0 Å². The highest BCUT2D eigenvalue weighted by Gasteiger charge is 1.99. The molecule has 0 amide bonds. The molecule has 2 heteroatoms. The fourth-order valence-corrected chi connectivity index (χ4v) is 2.64. The summed E-state index contributed by atoms with van der Waals surface area (Å²) in [7, 11) is 1.63. The third-order valence-corrected chi connectivity index (χ3v) is 4.35. The van der Waals surface area contributed by atoms with Crippen molar-refractivity contribution >= 4 is 0 Å². The second-order valence-electron chi connectivity index (χ2n) is 6.43. The Hall–Kier alpha value is -0.0800. The van der Waals surface area contributed by atoms with Gasteiger partial charge in [-0.3, -0.25) is 0 Å². The molecular weight excluding hydrogens is 246 g/mol. The highest BCUT2D eigenvalue weighted by Crippen LogP contribution is 2.13. The molecular formula is C18H38NO-. The van der Waals surface area contributed by atoms with Gasteiger partial charge in [-0.15, -0.1) is 0 Å². The van der Waals surface area contributed by atoms with E-state index in [1.807, 2.05) is 6.92 Å². The second kappa shape index (κ2) is 15.3. The molecule has 0 fully saturated rings. The van der Waals surface area contributed by atoms with E-state index in [4.69, 9.17) is 0 Å². The van der Waals surface area contributed by atoms with Crippen LogP contribution in [0.15, 0.2) is 0 Å². The average molecular weight is 285 g/mol. The van der Waals surface area contributed by atoms with Crippen molar-refractivity contribution in [1.82, 2.24) is 5.06 Å². The van der Waals surface area contributed by atoms with E-state index in [0.717, 1.165) is 11.5 Å². The predicted octanol–water partition coefficient (Wildman–Crippen LogP) is 6.29. The number of hydrogen-bond acceptors (Lipinski definition) is 2. The quantitative estimate of drug-likeness (QED) is 0.261. The smallest absolute Gasteiger partial charge is 0.00570 e. The van der Waals surface area contributed by atoms with Crippen LogP contribution in [-0.4, -0.2) is 18.2 Å². The first-order chi connectivity index (χ1) is 9.68. The molecule has 2 nitrogen and oxygen atoms in total. The first kappa shape index (κ1) is 19.9. The van der Waals surface area contributed by atoms with Gasteiger partial charge >= 0.3 is 0 Å².